The molecule has 4 nitrogen and oxygen atoms in total. The number of hydrogen-bond donors (Lipinski definition) is 0. The molecule has 2 aliphatic rings. The van der Waals surface area contributed by atoms with Gasteiger partial charge in [-0.2, -0.15) is 0 Å². The van der Waals surface area contributed by atoms with Gasteiger partial charge in [0.05, 0.1) is 25.0 Å². The Kier molecular flexibility index (Phi) is 3.03. The quantitative estimate of drug-likeness (QED) is 0.568. The smallest absolute Gasteiger partial charge is 0.313 e. The van der Waals surface area contributed by atoms with E-state index in [4.69, 9.17) is 9.47 Å². The summed E-state index contributed by atoms with van der Waals surface area (Å²) in [6.45, 7) is 7.79. The summed E-state index contributed by atoms with van der Waals surface area (Å²) in [6, 6.07) is 0. The lowest BCUT2D eigenvalue weighted by atomic mass is 9.56. The van der Waals surface area contributed by atoms with Crippen molar-refractivity contribution in [1.29, 1.82) is 0 Å². The monoisotopic (exact) mass is 266 g/mol. The van der Waals surface area contributed by atoms with Gasteiger partial charge in [0.15, 0.2) is 0 Å². The molecule has 2 aliphatic carbocycles. The lowest BCUT2D eigenvalue weighted by molar-refractivity contribution is -0.177. The Hall–Kier alpha value is -1.32. The van der Waals surface area contributed by atoms with Gasteiger partial charge in [-0.3, -0.25) is 9.59 Å². The molecule has 0 N–H and O–H groups in total. The zero-order valence-electron chi connectivity index (χ0n) is 12.5. The first-order valence-corrected chi connectivity index (χ1v) is 6.60. The van der Waals surface area contributed by atoms with Crippen molar-refractivity contribution in [3.8, 4) is 0 Å². The average Bonchev–Trinajstić information content (AvgIpc) is 2.83. The number of allylic oxidation sites excluding steroid dienone is 2. The van der Waals surface area contributed by atoms with Gasteiger partial charge < -0.3 is 9.47 Å². The van der Waals surface area contributed by atoms with E-state index in [-0.39, 0.29) is 23.8 Å². The molecule has 2 bridgehead atoms. The summed E-state index contributed by atoms with van der Waals surface area (Å²) in [6.07, 6.45) is 0.828. The molecule has 0 aromatic carbocycles. The molecule has 106 valence electrons. The Bertz CT molecular complexity index is 437. The van der Waals surface area contributed by atoms with Gasteiger partial charge in [0, 0.05) is 0 Å². The van der Waals surface area contributed by atoms with Crippen LogP contribution in [0.25, 0.3) is 0 Å². The summed E-state index contributed by atoms with van der Waals surface area (Å²) in [5, 5.41) is 0. The van der Waals surface area contributed by atoms with E-state index in [1.807, 2.05) is 13.8 Å². The van der Waals surface area contributed by atoms with Crippen molar-refractivity contribution >= 4 is 11.9 Å². The van der Waals surface area contributed by atoms with E-state index in [9.17, 15) is 9.59 Å². The van der Waals surface area contributed by atoms with Crippen LogP contribution in [-0.2, 0) is 19.1 Å². The Balaban J connectivity index is 2.64. The van der Waals surface area contributed by atoms with Gasteiger partial charge in [-0.1, -0.05) is 11.1 Å². The van der Waals surface area contributed by atoms with Crippen molar-refractivity contribution in [3.63, 3.8) is 0 Å². The molecule has 4 atom stereocenters. The Labute approximate surface area is 114 Å². The van der Waals surface area contributed by atoms with E-state index in [0.29, 0.717) is 0 Å². The maximum Gasteiger partial charge on any atom is 0.313 e. The maximum atomic E-state index is 12.4. The van der Waals surface area contributed by atoms with E-state index in [1.165, 1.54) is 25.4 Å². The summed E-state index contributed by atoms with van der Waals surface area (Å²) < 4.78 is 9.99. The standard InChI is InChI=1S/C15H22O4/c1-8-9(2)11-7-10(8)14(3,12(16)18-5)15(11,4)13(17)19-6/h10-11H,7H2,1-6H3. The molecular weight excluding hydrogens is 244 g/mol. The van der Waals surface area contributed by atoms with Crippen molar-refractivity contribution < 1.29 is 19.1 Å². The highest BCUT2D eigenvalue weighted by Gasteiger charge is 2.71. The van der Waals surface area contributed by atoms with Crippen LogP contribution in [0.1, 0.15) is 34.1 Å². The zero-order valence-corrected chi connectivity index (χ0v) is 12.5. The molecule has 0 saturated heterocycles. The normalized spacial score (nSPS) is 40.5. The van der Waals surface area contributed by atoms with Gasteiger partial charge in [0.1, 0.15) is 0 Å². The van der Waals surface area contributed by atoms with Crippen LogP contribution in [-0.4, -0.2) is 26.2 Å². The number of esters is 2. The van der Waals surface area contributed by atoms with E-state index in [0.717, 1.165) is 6.42 Å². The number of ether oxygens (including phenoxy) is 2. The first-order valence-electron chi connectivity index (χ1n) is 6.60. The van der Waals surface area contributed by atoms with Gasteiger partial charge in [-0.15, -0.1) is 0 Å². The lowest BCUT2D eigenvalue weighted by Crippen LogP contribution is -2.54. The first kappa shape index (κ1) is 14.1. The van der Waals surface area contributed by atoms with Gasteiger partial charge in [0.2, 0.25) is 0 Å². The minimum Gasteiger partial charge on any atom is -0.469 e. The summed E-state index contributed by atoms with van der Waals surface area (Å²) >= 11 is 0. The lowest BCUT2D eigenvalue weighted by Gasteiger charge is -2.45. The molecule has 0 aromatic heterocycles. The number of carbonyl (C=O) groups is 2. The molecule has 0 heterocycles. The zero-order chi connectivity index (χ0) is 14.6. The minimum atomic E-state index is -0.844. The Morgan fingerprint density at radius 2 is 1.26 bits per heavy atom. The van der Waals surface area contributed by atoms with Crippen molar-refractivity contribution in [2.75, 3.05) is 14.2 Å². The van der Waals surface area contributed by atoms with Crippen LogP contribution in [0.5, 0.6) is 0 Å². The second kappa shape index (κ2) is 4.09. The van der Waals surface area contributed by atoms with Crippen molar-refractivity contribution in [1.82, 2.24) is 0 Å². The van der Waals surface area contributed by atoms with Crippen LogP contribution in [0.15, 0.2) is 11.1 Å². The van der Waals surface area contributed by atoms with Crippen LogP contribution >= 0.6 is 0 Å². The van der Waals surface area contributed by atoms with Crippen molar-refractivity contribution in [3.05, 3.63) is 11.1 Å². The van der Waals surface area contributed by atoms with Gasteiger partial charge in [-0.05, 0) is 46.0 Å². The Morgan fingerprint density at radius 3 is 1.53 bits per heavy atom. The molecule has 0 aromatic rings. The molecule has 0 radical (unpaired) electrons. The topological polar surface area (TPSA) is 52.6 Å². The fourth-order valence-corrected chi connectivity index (χ4v) is 4.33. The third-order valence-electron chi connectivity index (χ3n) is 5.83. The largest absolute Gasteiger partial charge is 0.469 e. The predicted molar refractivity (Wildman–Crippen MR) is 70.2 cm³/mol. The number of carbonyl (C=O) groups excluding carboxylic acids is 2. The molecular formula is C15H22O4. The molecule has 0 amide bonds. The molecule has 19 heavy (non-hydrogen) atoms. The molecule has 4 unspecified atom stereocenters. The van der Waals surface area contributed by atoms with Crippen molar-refractivity contribution in [2.24, 2.45) is 22.7 Å². The van der Waals surface area contributed by atoms with Crippen LogP contribution in [0.3, 0.4) is 0 Å². The van der Waals surface area contributed by atoms with Gasteiger partial charge in [0.25, 0.3) is 0 Å². The van der Waals surface area contributed by atoms with Gasteiger partial charge >= 0.3 is 11.9 Å². The van der Waals surface area contributed by atoms with Crippen molar-refractivity contribution in [2.45, 2.75) is 34.1 Å². The van der Waals surface area contributed by atoms with Crippen LogP contribution < -0.4 is 0 Å². The highest BCUT2D eigenvalue weighted by atomic mass is 16.5. The number of methoxy groups -OCH3 is 2. The number of fused-ring (bicyclic) bond motifs is 2. The first-order chi connectivity index (χ1) is 8.76. The SMILES string of the molecule is COC(=O)C1(C)C2CC(C(C)=C2C)C1(C)C(=O)OC. The second-order valence-corrected chi connectivity index (χ2v) is 6.09. The van der Waals surface area contributed by atoms with E-state index in [2.05, 4.69) is 13.8 Å². The number of rotatable bonds is 2. The van der Waals surface area contributed by atoms with E-state index >= 15 is 0 Å². The number of hydrogen-bond acceptors (Lipinski definition) is 4. The second-order valence-electron chi connectivity index (χ2n) is 6.09. The molecule has 0 spiro atoms. The Morgan fingerprint density at radius 1 is 0.947 bits per heavy atom. The maximum absolute atomic E-state index is 12.4. The summed E-state index contributed by atoms with van der Waals surface area (Å²) in [7, 11) is 2.76. The average molecular weight is 266 g/mol. The fraction of sp³-hybridized carbons (Fsp3) is 0.733. The van der Waals surface area contributed by atoms with E-state index < -0.39 is 10.8 Å². The van der Waals surface area contributed by atoms with E-state index in [1.54, 1.807) is 0 Å². The van der Waals surface area contributed by atoms with Gasteiger partial charge in [-0.25, -0.2) is 0 Å². The van der Waals surface area contributed by atoms with Crippen LogP contribution in [0.4, 0.5) is 0 Å². The minimum absolute atomic E-state index is 0.0639. The highest BCUT2D eigenvalue weighted by molar-refractivity contribution is 5.91. The summed E-state index contributed by atoms with van der Waals surface area (Å²) in [5.41, 5.74) is 0.755. The summed E-state index contributed by atoms with van der Waals surface area (Å²) in [4.78, 5) is 24.7. The van der Waals surface area contributed by atoms with Crippen LogP contribution in [0.2, 0.25) is 0 Å². The third-order valence-corrected chi connectivity index (χ3v) is 5.83. The molecule has 0 aliphatic heterocycles. The molecule has 1 fully saturated rings. The molecule has 1 saturated carbocycles. The fourth-order valence-electron chi connectivity index (χ4n) is 4.33. The van der Waals surface area contributed by atoms with Crippen LogP contribution in [0, 0.1) is 22.7 Å². The predicted octanol–water partition coefficient (Wildman–Crippen LogP) is 2.33. The molecule has 4 heteroatoms. The third kappa shape index (κ3) is 1.35. The highest BCUT2D eigenvalue weighted by Crippen LogP contribution is 2.68. The summed E-state index contributed by atoms with van der Waals surface area (Å²) in [5.74, 6) is -0.511. The molecule has 2 rings (SSSR count).